The molecule has 1 aromatic carbocycles. The lowest BCUT2D eigenvalue weighted by atomic mass is 10.1. The highest BCUT2D eigenvalue weighted by Crippen LogP contribution is 2.41. The number of carboxylic acid groups (broad SMARTS) is 1. The molecule has 2 heterocycles. The van der Waals surface area contributed by atoms with Crippen LogP contribution in [-0.4, -0.2) is 33.1 Å². The van der Waals surface area contributed by atoms with Gasteiger partial charge in [-0.05, 0) is 24.3 Å². The summed E-state index contributed by atoms with van der Waals surface area (Å²) >= 11 is 8.53. The Bertz CT molecular complexity index is 934. The van der Waals surface area contributed by atoms with Gasteiger partial charge in [0.05, 0.1) is 16.4 Å². The molecular formula is C17H13ClFN3O2S2. The molecule has 3 aromatic rings. The molecule has 0 fully saturated rings. The average Bonchev–Trinajstić information content (AvgIpc) is 2.99. The monoisotopic (exact) mass is 409 g/mol. The van der Waals surface area contributed by atoms with Crippen LogP contribution < -0.4 is 0 Å². The van der Waals surface area contributed by atoms with Crippen molar-refractivity contribution in [2.45, 2.75) is 15.6 Å². The number of aromatic nitrogens is 2. The lowest BCUT2D eigenvalue weighted by molar-refractivity contribution is 0.153. The van der Waals surface area contributed by atoms with Crippen molar-refractivity contribution in [3.8, 4) is 11.3 Å². The number of pyridine rings is 1. The third kappa shape index (κ3) is 4.32. The zero-order chi connectivity index (χ0) is 18.7. The van der Waals surface area contributed by atoms with Crippen molar-refractivity contribution in [2.75, 3.05) is 7.05 Å². The van der Waals surface area contributed by atoms with Crippen molar-refractivity contribution in [1.82, 2.24) is 14.9 Å². The van der Waals surface area contributed by atoms with Crippen LogP contribution >= 0.6 is 34.7 Å². The van der Waals surface area contributed by atoms with Crippen molar-refractivity contribution in [2.24, 2.45) is 0 Å². The molecule has 0 aliphatic carbocycles. The highest BCUT2D eigenvalue weighted by Gasteiger charge is 2.19. The van der Waals surface area contributed by atoms with E-state index in [2.05, 4.69) is 9.97 Å². The lowest BCUT2D eigenvalue weighted by Gasteiger charge is -2.09. The topological polar surface area (TPSA) is 66.3 Å². The fraction of sp³-hybridized carbons (Fsp3) is 0.118. The maximum absolute atomic E-state index is 14.3. The summed E-state index contributed by atoms with van der Waals surface area (Å²) in [4.78, 5) is 21.5. The molecule has 0 aliphatic heterocycles. The molecule has 0 spiro atoms. The van der Waals surface area contributed by atoms with Crippen LogP contribution in [0.15, 0.2) is 51.7 Å². The highest BCUT2D eigenvalue weighted by molar-refractivity contribution is 8.01. The van der Waals surface area contributed by atoms with Gasteiger partial charge in [-0.15, -0.1) is 11.3 Å². The van der Waals surface area contributed by atoms with Crippen LogP contribution in [0.5, 0.6) is 0 Å². The van der Waals surface area contributed by atoms with Gasteiger partial charge in [-0.3, -0.25) is 0 Å². The van der Waals surface area contributed by atoms with E-state index >= 15 is 0 Å². The number of halogens is 2. The van der Waals surface area contributed by atoms with Crippen LogP contribution in [0.3, 0.4) is 0 Å². The summed E-state index contributed by atoms with van der Waals surface area (Å²) in [5, 5.41) is 10.0. The minimum Gasteiger partial charge on any atom is -0.465 e. The van der Waals surface area contributed by atoms with E-state index in [-0.39, 0.29) is 12.4 Å². The molecule has 9 heteroatoms. The summed E-state index contributed by atoms with van der Waals surface area (Å²) in [6, 6.07) is 9.86. The number of hydrogen-bond donors (Lipinski definition) is 1. The molecule has 0 atom stereocenters. The van der Waals surface area contributed by atoms with Gasteiger partial charge < -0.3 is 10.0 Å². The van der Waals surface area contributed by atoms with Gasteiger partial charge in [0.25, 0.3) is 0 Å². The van der Waals surface area contributed by atoms with Crippen LogP contribution in [0, 0.1) is 5.82 Å². The molecule has 3 rings (SSSR count). The molecule has 0 saturated heterocycles. The number of rotatable bonds is 5. The molecule has 0 aliphatic rings. The zero-order valence-corrected chi connectivity index (χ0v) is 15.9. The summed E-state index contributed by atoms with van der Waals surface area (Å²) in [6.45, 7) is 0.126. The molecule has 0 saturated carbocycles. The van der Waals surface area contributed by atoms with Crippen LogP contribution in [-0.2, 0) is 6.54 Å². The molecule has 5 nitrogen and oxygen atoms in total. The average molecular weight is 410 g/mol. The Hall–Kier alpha value is -2.16. The Kier molecular flexibility index (Phi) is 5.75. The van der Waals surface area contributed by atoms with E-state index in [9.17, 15) is 9.18 Å². The maximum atomic E-state index is 14.3. The number of amides is 1. The molecule has 0 radical (unpaired) electrons. The third-order valence-corrected chi connectivity index (χ3v) is 5.79. The fourth-order valence-corrected chi connectivity index (χ4v) is 4.53. The van der Waals surface area contributed by atoms with Gasteiger partial charge in [-0.1, -0.05) is 35.5 Å². The van der Waals surface area contributed by atoms with Gasteiger partial charge >= 0.3 is 6.09 Å². The molecule has 1 N–H and O–H groups in total. The Morgan fingerprint density at radius 2 is 2.12 bits per heavy atom. The maximum Gasteiger partial charge on any atom is 0.407 e. The van der Waals surface area contributed by atoms with Gasteiger partial charge in [-0.25, -0.2) is 19.2 Å². The van der Waals surface area contributed by atoms with Gasteiger partial charge in [0.15, 0.2) is 0 Å². The molecule has 26 heavy (non-hydrogen) atoms. The van der Waals surface area contributed by atoms with E-state index in [1.165, 1.54) is 36.2 Å². The second kappa shape index (κ2) is 8.03. The van der Waals surface area contributed by atoms with Crippen molar-refractivity contribution in [1.29, 1.82) is 0 Å². The second-order valence-electron chi connectivity index (χ2n) is 5.28. The first-order valence-corrected chi connectivity index (χ1v) is 9.43. The van der Waals surface area contributed by atoms with Gasteiger partial charge in [0.1, 0.15) is 16.0 Å². The van der Waals surface area contributed by atoms with Crippen molar-refractivity contribution >= 4 is 40.8 Å². The van der Waals surface area contributed by atoms with E-state index in [1.54, 1.807) is 30.5 Å². The minimum absolute atomic E-state index is 0.126. The standard InChI is InChI=1S/C17H13ClFN3O2S2/c1-22(17(23)24)9-14-21-15(11-4-2-3-5-12(11)19)16(26-14)25-10-6-7-13(18)20-8-10/h2-8H,9H2,1H3,(H,23,24). The highest BCUT2D eigenvalue weighted by atomic mass is 35.5. The Morgan fingerprint density at radius 3 is 2.77 bits per heavy atom. The van der Waals surface area contributed by atoms with Crippen molar-refractivity contribution in [3.63, 3.8) is 0 Å². The number of benzene rings is 1. The summed E-state index contributed by atoms with van der Waals surface area (Å²) in [6.07, 6.45) is 0.574. The first kappa shape index (κ1) is 18.6. The second-order valence-corrected chi connectivity index (χ2v) is 8.09. The normalized spacial score (nSPS) is 10.7. The molecule has 2 aromatic heterocycles. The van der Waals surface area contributed by atoms with E-state index in [0.29, 0.717) is 21.4 Å². The van der Waals surface area contributed by atoms with E-state index in [1.807, 2.05) is 6.07 Å². The van der Waals surface area contributed by atoms with E-state index in [0.717, 1.165) is 14.0 Å². The lowest BCUT2D eigenvalue weighted by Crippen LogP contribution is -2.23. The van der Waals surface area contributed by atoms with E-state index in [4.69, 9.17) is 16.7 Å². The van der Waals surface area contributed by atoms with Crippen LogP contribution in [0.1, 0.15) is 5.01 Å². The first-order chi connectivity index (χ1) is 12.4. The molecule has 0 bridgehead atoms. The molecular weight excluding hydrogens is 397 g/mol. The largest absolute Gasteiger partial charge is 0.465 e. The molecule has 1 amide bonds. The van der Waals surface area contributed by atoms with Crippen LogP contribution in [0.25, 0.3) is 11.3 Å². The SMILES string of the molecule is CN(Cc1nc(-c2ccccc2F)c(Sc2ccc(Cl)nc2)s1)C(=O)O. The van der Waals surface area contributed by atoms with Crippen LogP contribution in [0.2, 0.25) is 5.15 Å². The summed E-state index contributed by atoms with van der Waals surface area (Å²) in [5.41, 5.74) is 0.860. The number of hydrogen-bond acceptors (Lipinski definition) is 5. The van der Waals surface area contributed by atoms with Crippen LogP contribution in [0.4, 0.5) is 9.18 Å². The summed E-state index contributed by atoms with van der Waals surface area (Å²) in [5.74, 6) is -0.382. The summed E-state index contributed by atoms with van der Waals surface area (Å²) < 4.78 is 15.0. The number of thiazole rings is 1. The Labute approximate surface area is 162 Å². The smallest absolute Gasteiger partial charge is 0.407 e. The fourth-order valence-electron chi connectivity index (χ4n) is 2.11. The van der Waals surface area contributed by atoms with Gasteiger partial charge in [-0.2, -0.15) is 0 Å². The Balaban J connectivity index is 1.99. The minimum atomic E-state index is -1.05. The quantitative estimate of drug-likeness (QED) is 0.582. The van der Waals surface area contributed by atoms with E-state index < -0.39 is 6.09 Å². The van der Waals surface area contributed by atoms with Crippen molar-refractivity contribution < 1.29 is 14.3 Å². The van der Waals surface area contributed by atoms with Gasteiger partial charge in [0, 0.05) is 23.7 Å². The zero-order valence-electron chi connectivity index (χ0n) is 13.5. The first-order valence-electron chi connectivity index (χ1n) is 7.42. The molecule has 0 unspecified atom stereocenters. The Morgan fingerprint density at radius 1 is 1.35 bits per heavy atom. The predicted octanol–water partition coefficient (Wildman–Crippen LogP) is 5.26. The van der Waals surface area contributed by atoms with Crippen molar-refractivity contribution in [3.05, 3.63) is 58.6 Å². The predicted molar refractivity (Wildman–Crippen MR) is 100 cm³/mol. The number of carbonyl (C=O) groups is 1. The number of nitrogens with zero attached hydrogens (tertiary/aromatic N) is 3. The van der Waals surface area contributed by atoms with Gasteiger partial charge in [0.2, 0.25) is 0 Å². The third-order valence-electron chi connectivity index (χ3n) is 3.38. The summed E-state index contributed by atoms with van der Waals surface area (Å²) in [7, 11) is 1.46. The molecule has 134 valence electrons.